The van der Waals surface area contributed by atoms with Crippen molar-refractivity contribution in [2.24, 2.45) is 0 Å². The molecule has 1 atom stereocenters. The summed E-state index contributed by atoms with van der Waals surface area (Å²) in [5, 5.41) is 15.2. The number of carbonyl (C=O) groups excluding carboxylic acids is 1. The lowest BCUT2D eigenvalue weighted by Crippen LogP contribution is -2.42. The Kier molecular flexibility index (Phi) is 4.54. The molecule has 28 heavy (non-hydrogen) atoms. The van der Waals surface area contributed by atoms with Crippen LogP contribution in [-0.2, 0) is 11.3 Å². The maximum atomic E-state index is 13.6. The van der Waals surface area contributed by atoms with Crippen LogP contribution in [0.3, 0.4) is 0 Å². The van der Waals surface area contributed by atoms with E-state index >= 15 is 0 Å². The number of halogens is 1. The maximum absolute atomic E-state index is 13.6. The highest BCUT2D eigenvalue weighted by molar-refractivity contribution is 5.76. The molecular formula is C20H20FN5O2. The molecule has 2 heterocycles. The number of nitrogens with one attached hydrogen (secondary N) is 1. The standard InChI is InChI=1S/C20H20FN5O2/c1-20(2)11-16(15-9-8-14(21)10-17(15)28-20)22-18(27)12-26-24-19(23-25-26)13-6-4-3-5-7-13/h3-10,16H,11-12H2,1-2H3,(H,22,27). The third kappa shape index (κ3) is 3.85. The molecule has 0 saturated carbocycles. The lowest BCUT2D eigenvalue weighted by molar-refractivity contribution is -0.123. The molecule has 1 N–H and O–H groups in total. The molecule has 3 aromatic rings. The lowest BCUT2D eigenvalue weighted by Gasteiger charge is -2.37. The van der Waals surface area contributed by atoms with Crippen LogP contribution in [0.1, 0.15) is 31.9 Å². The van der Waals surface area contributed by atoms with E-state index in [0.29, 0.717) is 18.0 Å². The van der Waals surface area contributed by atoms with Crippen molar-refractivity contribution < 1.29 is 13.9 Å². The fourth-order valence-corrected chi connectivity index (χ4v) is 3.34. The second-order valence-electron chi connectivity index (χ2n) is 7.38. The predicted octanol–water partition coefficient (Wildman–Crippen LogP) is 2.90. The number of amides is 1. The van der Waals surface area contributed by atoms with Gasteiger partial charge >= 0.3 is 0 Å². The van der Waals surface area contributed by atoms with Gasteiger partial charge in [0.25, 0.3) is 0 Å². The van der Waals surface area contributed by atoms with E-state index in [9.17, 15) is 9.18 Å². The van der Waals surface area contributed by atoms with Gasteiger partial charge in [0.2, 0.25) is 11.7 Å². The van der Waals surface area contributed by atoms with Crippen LogP contribution in [0.25, 0.3) is 11.4 Å². The molecule has 1 aliphatic rings. The van der Waals surface area contributed by atoms with Gasteiger partial charge in [-0.05, 0) is 25.1 Å². The summed E-state index contributed by atoms with van der Waals surface area (Å²) in [6, 6.07) is 13.5. The average molecular weight is 381 g/mol. The quantitative estimate of drug-likeness (QED) is 0.751. The number of aromatic nitrogens is 4. The van der Waals surface area contributed by atoms with Crippen LogP contribution in [0.2, 0.25) is 0 Å². The van der Waals surface area contributed by atoms with Gasteiger partial charge in [0.15, 0.2) is 0 Å². The molecule has 1 unspecified atom stereocenters. The van der Waals surface area contributed by atoms with Crippen molar-refractivity contribution in [1.29, 1.82) is 0 Å². The molecular weight excluding hydrogens is 361 g/mol. The van der Waals surface area contributed by atoms with Crippen LogP contribution < -0.4 is 10.1 Å². The van der Waals surface area contributed by atoms with Crippen molar-refractivity contribution >= 4 is 5.91 Å². The maximum Gasteiger partial charge on any atom is 0.244 e. The summed E-state index contributed by atoms with van der Waals surface area (Å²) >= 11 is 0. The normalized spacial score (nSPS) is 17.5. The second-order valence-corrected chi connectivity index (χ2v) is 7.38. The summed E-state index contributed by atoms with van der Waals surface area (Å²) in [5.41, 5.74) is 1.06. The Labute approximate surface area is 161 Å². The molecule has 0 radical (unpaired) electrons. The summed E-state index contributed by atoms with van der Waals surface area (Å²) in [6.45, 7) is 3.75. The zero-order valence-corrected chi connectivity index (χ0v) is 15.6. The van der Waals surface area contributed by atoms with Gasteiger partial charge in [-0.3, -0.25) is 4.79 Å². The predicted molar refractivity (Wildman–Crippen MR) is 99.9 cm³/mol. The molecule has 1 aliphatic heterocycles. The Balaban J connectivity index is 1.48. The van der Waals surface area contributed by atoms with Gasteiger partial charge in [0.1, 0.15) is 23.7 Å². The monoisotopic (exact) mass is 381 g/mol. The smallest absolute Gasteiger partial charge is 0.244 e. The summed E-state index contributed by atoms with van der Waals surface area (Å²) in [5.74, 6) is 0.282. The highest BCUT2D eigenvalue weighted by atomic mass is 19.1. The van der Waals surface area contributed by atoms with Crippen molar-refractivity contribution in [2.45, 2.75) is 38.5 Å². The Morgan fingerprint density at radius 1 is 1.29 bits per heavy atom. The number of nitrogens with zero attached hydrogens (tertiary/aromatic N) is 4. The molecule has 1 aromatic heterocycles. The fraction of sp³-hybridized carbons (Fsp3) is 0.300. The zero-order valence-electron chi connectivity index (χ0n) is 15.6. The minimum absolute atomic E-state index is 0.0614. The van der Waals surface area contributed by atoms with Crippen LogP contribution in [0.15, 0.2) is 48.5 Å². The van der Waals surface area contributed by atoms with Crippen molar-refractivity contribution in [3.63, 3.8) is 0 Å². The minimum Gasteiger partial charge on any atom is -0.487 e. The molecule has 0 fully saturated rings. The molecule has 4 rings (SSSR count). The third-order valence-corrected chi connectivity index (χ3v) is 4.54. The number of tetrazole rings is 1. The number of carbonyl (C=O) groups is 1. The SMILES string of the molecule is CC1(C)CC(NC(=O)Cn2nnc(-c3ccccc3)n2)c2ccc(F)cc2O1. The number of ether oxygens (including phenoxy) is 1. The number of fused-ring (bicyclic) bond motifs is 1. The van der Waals surface area contributed by atoms with Crippen molar-refractivity contribution in [3.8, 4) is 17.1 Å². The van der Waals surface area contributed by atoms with Crippen molar-refractivity contribution in [3.05, 3.63) is 59.9 Å². The number of rotatable bonds is 4. The number of hydrogen-bond acceptors (Lipinski definition) is 5. The van der Waals surface area contributed by atoms with Gasteiger partial charge in [-0.15, -0.1) is 10.2 Å². The van der Waals surface area contributed by atoms with Gasteiger partial charge in [-0.1, -0.05) is 36.4 Å². The Hall–Kier alpha value is -3.29. The molecule has 7 nitrogen and oxygen atoms in total. The fourth-order valence-electron chi connectivity index (χ4n) is 3.34. The van der Waals surface area contributed by atoms with E-state index in [1.54, 1.807) is 6.07 Å². The molecule has 2 aromatic carbocycles. The number of hydrogen-bond donors (Lipinski definition) is 1. The highest BCUT2D eigenvalue weighted by Crippen LogP contribution is 2.39. The summed E-state index contributed by atoms with van der Waals surface area (Å²) in [6.07, 6.45) is 0.567. The molecule has 0 aliphatic carbocycles. The summed E-state index contributed by atoms with van der Waals surface area (Å²) in [7, 11) is 0. The molecule has 0 bridgehead atoms. The Morgan fingerprint density at radius 2 is 2.07 bits per heavy atom. The lowest BCUT2D eigenvalue weighted by atomic mass is 9.89. The first-order valence-electron chi connectivity index (χ1n) is 9.01. The summed E-state index contributed by atoms with van der Waals surface area (Å²) in [4.78, 5) is 13.8. The van der Waals surface area contributed by atoms with Crippen LogP contribution in [0, 0.1) is 5.82 Å². The molecule has 144 valence electrons. The van der Waals surface area contributed by atoms with Crippen LogP contribution >= 0.6 is 0 Å². The molecule has 0 saturated heterocycles. The van der Waals surface area contributed by atoms with Crippen molar-refractivity contribution in [2.75, 3.05) is 0 Å². The zero-order chi connectivity index (χ0) is 19.7. The molecule has 8 heteroatoms. The van der Waals surface area contributed by atoms with Gasteiger partial charge in [-0.25, -0.2) is 4.39 Å². The molecule has 1 amide bonds. The van der Waals surface area contributed by atoms with Gasteiger partial charge in [0, 0.05) is 23.6 Å². The van der Waals surface area contributed by atoms with E-state index in [2.05, 4.69) is 20.7 Å². The van der Waals surface area contributed by atoms with Crippen LogP contribution in [0.4, 0.5) is 4.39 Å². The first-order valence-corrected chi connectivity index (χ1v) is 9.01. The van der Waals surface area contributed by atoms with Crippen LogP contribution in [-0.4, -0.2) is 31.7 Å². The molecule has 0 spiro atoms. The highest BCUT2D eigenvalue weighted by Gasteiger charge is 2.34. The van der Waals surface area contributed by atoms with E-state index in [0.717, 1.165) is 11.1 Å². The largest absolute Gasteiger partial charge is 0.487 e. The second kappa shape index (κ2) is 7.03. The van der Waals surface area contributed by atoms with E-state index in [1.165, 1.54) is 16.9 Å². The third-order valence-electron chi connectivity index (χ3n) is 4.54. The minimum atomic E-state index is -0.523. The Bertz CT molecular complexity index is 1000. The van der Waals surface area contributed by atoms with Gasteiger partial charge in [-0.2, -0.15) is 4.80 Å². The van der Waals surface area contributed by atoms with Crippen LogP contribution in [0.5, 0.6) is 5.75 Å². The van der Waals surface area contributed by atoms with Gasteiger partial charge in [0.05, 0.1) is 6.04 Å². The first-order chi connectivity index (χ1) is 13.4. The van der Waals surface area contributed by atoms with E-state index in [4.69, 9.17) is 4.74 Å². The topological polar surface area (TPSA) is 81.9 Å². The van der Waals surface area contributed by atoms with Gasteiger partial charge < -0.3 is 10.1 Å². The van der Waals surface area contributed by atoms with E-state index in [-0.39, 0.29) is 24.3 Å². The number of benzene rings is 2. The first kappa shape index (κ1) is 18.1. The Morgan fingerprint density at radius 3 is 2.86 bits per heavy atom. The van der Waals surface area contributed by atoms with E-state index < -0.39 is 5.60 Å². The average Bonchev–Trinajstić information content (AvgIpc) is 3.09. The van der Waals surface area contributed by atoms with Crippen molar-refractivity contribution in [1.82, 2.24) is 25.5 Å². The summed E-state index contributed by atoms with van der Waals surface area (Å²) < 4.78 is 19.4. The van der Waals surface area contributed by atoms with E-state index in [1.807, 2.05) is 44.2 Å².